The first-order valence-electron chi connectivity index (χ1n) is 5.11. The van der Waals surface area contributed by atoms with E-state index in [1.807, 2.05) is 5.32 Å². The number of nitrogens with one attached hydrogen (secondary N) is 1. The molecule has 0 spiro atoms. The maximum Gasteiger partial charge on any atom is 0.251 e. The van der Waals surface area contributed by atoms with E-state index < -0.39 is 49.7 Å². The Balaban J connectivity index is 2.67. The minimum Gasteiger partial charge on any atom is -0.394 e. The van der Waals surface area contributed by atoms with Crippen LogP contribution >= 0.6 is 0 Å². The Morgan fingerprint density at radius 2 is 2.28 bits per heavy atom. The Labute approximate surface area is 101 Å². The summed E-state index contributed by atoms with van der Waals surface area (Å²) in [6, 6.07) is 0. The Kier molecular flexibility index (Phi) is 4.84. The molecule has 1 unspecified atom stereocenters. The van der Waals surface area contributed by atoms with Crippen LogP contribution in [0.5, 0.6) is 0 Å². The van der Waals surface area contributed by atoms with Crippen molar-refractivity contribution in [2.75, 3.05) is 13.2 Å². The van der Waals surface area contributed by atoms with Crippen molar-refractivity contribution in [2.24, 2.45) is 5.11 Å². The number of carbonyl (C=O) groups is 1. The number of hydrogen-bond donors (Lipinski definition) is 5. The molecule has 1 heterocycles. The highest BCUT2D eigenvalue weighted by atomic mass is 16.7. The van der Waals surface area contributed by atoms with Crippen LogP contribution in [0.2, 0.25) is 0 Å². The first-order chi connectivity index (χ1) is 8.41. The monoisotopic (exact) mass is 262 g/mol. The number of hydrogen-bond acceptors (Lipinski definition) is 7. The zero-order valence-corrected chi connectivity index (χ0v) is 9.30. The standard InChI is InChI=1S/C8H14N4O6/c9-12-10-2-6(15)11-8(17)1-4(14)7(16)5(3-13)18-8/h4-5,7,13-14,16-17H,1-3H2,(H,11,15)/t4-,5-,7+,8?/m1/s1. The van der Waals surface area contributed by atoms with Gasteiger partial charge in [0.1, 0.15) is 18.8 Å². The van der Waals surface area contributed by atoms with E-state index in [4.69, 9.17) is 15.4 Å². The second-order valence-electron chi connectivity index (χ2n) is 3.82. The molecule has 0 bridgehead atoms. The average molecular weight is 262 g/mol. The molecular formula is C8H14N4O6. The molecule has 1 rings (SSSR count). The summed E-state index contributed by atoms with van der Waals surface area (Å²) >= 11 is 0. The smallest absolute Gasteiger partial charge is 0.251 e. The molecule has 1 aliphatic rings. The lowest BCUT2D eigenvalue weighted by atomic mass is 9.99. The van der Waals surface area contributed by atoms with Crippen molar-refractivity contribution in [3.05, 3.63) is 10.4 Å². The van der Waals surface area contributed by atoms with Crippen molar-refractivity contribution < 1.29 is 30.0 Å². The third kappa shape index (κ3) is 3.53. The summed E-state index contributed by atoms with van der Waals surface area (Å²) in [6.07, 6.45) is -4.46. The van der Waals surface area contributed by atoms with Crippen molar-refractivity contribution in [3.63, 3.8) is 0 Å². The molecule has 102 valence electrons. The molecule has 1 amide bonds. The van der Waals surface area contributed by atoms with Gasteiger partial charge in [0.25, 0.3) is 5.91 Å². The van der Waals surface area contributed by atoms with E-state index in [2.05, 4.69) is 10.0 Å². The van der Waals surface area contributed by atoms with Crippen LogP contribution in [0.4, 0.5) is 0 Å². The van der Waals surface area contributed by atoms with Gasteiger partial charge in [0.15, 0.2) is 0 Å². The second kappa shape index (κ2) is 5.96. The number of rotatable bonds is 4. The van der Waals surface area contributed by atoms with Gasteiger partial charge in [-0.3, -0.25) is 4.79 Å². The van der Waals surface area contributed by atoms with Crippen molar-refractivity contribution in [2.45, 2.75) is 30.6 Å². The molecule has 10 nitrogen and oxygen atoms in total. The molecule has 0 aromatic carbocycles. The minimum atomic E-state index is -2.23. The van der Waals surface area contributed by atoms with Crippen molar-refractivity contribution in [1.29, 1.82) is 0 Å². The van der Waals surface area contributed by atoms with Gasteiger partial charge < -0.3 is 30.5 Å². The SMILES string of the molecule is [N-]=[N+]=NCC(=O)NC1(O)C[C@@H](O)[C@H](O)[C@@H](CO)O1. The highest BCUT2D eigenvalue weighted by Gasteiger charge is 2.45. The van der Waals surface area contributed by atoms with E-state index in [1.54, 1.807) is 0 Å². The number of ether oxygens (including phenoxy) is 1. The fourth-order valence-corrected chi connectivity index (χ4v) is 1.60. The van der Waals surface area contributed by atoms with Gasteiger partial charge >= 0.3 is 0 Å². The number of nitrogens with zero attached hydrogens (tertiary/aromatic N) is 3. The molecule has 0 aliphatic carbocycles. The molecule has 10 heteroatoms. The zero-order valence-electron chi connectivity index (χ0n) is 9.30. The van der Waals surface area contributed by atoms with Gasteiger partial charge in [-0.1, -0.05) is 5.11 Å². The quantitative estimate of drug-likeness (QED) is 0.163. The first-order valence-corrected chi connectivity index (χ1v) is 5.11. The molecule has 0 aromatic heterocycles. The van der Waals surface area contributed by atoms with Crippen LogP contribution in [0.15, 0.2) is 5.11 Å². The largest absolute Gasteiger partial charge is 0.394 e. The molecule has 4 atom stereocenters. The number of carbonyl (C=O) groups excluding carboxylic acids is 1. The summed E-state index contributed by atoms with van der Waals surface area (Å²) in [4.78, 5) is 13.6. The highest BCUT2D eigenvalue weighted by Crippen LogP contribution is 2.25. The summed E-state index contributed by atoms with van der Waals surface area (Å²) in [5.74, 6) is -3.05. The summed E-state index contributed by atoms with van der Waals surface area (Å²) in [5.41, 5.74) is 8.02. The van der Waals surface area contributed by atoms with Gasteiger partial charge in [0.2, 0.25) is 5.91 Å². The zero-order chi connectivity index (χ0) is 13.8. The van der Waals surface area contributed by atoms with Crippen LogP contribution in [0.3, 0.4) is 0 Å². The van der Waals surface area contributed by atoms with E-state index in [1.165, 1.54) is 0 Å². The average Bonchev–Trinajstić information content (AvgIpc) is 2.31. The Bertz CT molecular complexity index is 359. The van der Waals surface area contributed by atoms with E-state index in [0.717, 1.165) is 0 Å². The van der Waals surface area contributed by atoms with Crippen molar-refractivity contribution in [3.8, 4) is 0 Å². The maximum atomic E-state index is 11.2. The molecule has 0 saturated carbocycles. The van der Waals surface area contributed by atoms with Crippen LogP contribution in [0.1, 0.15) is 6.42 Å². The third-order valence-corrected chi connectivity index (χ3v) is 2.40. The van der Waals surface area contributed by atoms with Crippen LogP contribution in [0, 0.1) is 0 Å². The maximum absolute atomic E-state index is 11.2. The fraction of sp³-hybridized carbons (Fsp3) is 0.875. The fourth-order valence-electron chi connectivity index (χ4n) is 1.60. The van der Waals surface area contributed by atoms with E-state index in [9.17, 15) is 20.1 Å². The molecular weight excluding hydrogens is 248 g/mol. The normalized spacial score (nSPS) is 35.7. The molecule has 18 heavy (non-hydrogen) atoms. The van der Waals surface area contributed by atoms with Crippen LogP contribution in [0.25, 0.3) is 10.4 Å². The lowest BCUT2D eigenvalue weighted by Crippen LogP contribution is -2.63. The molecule has 5 N–H and O–H groups in total. The van der Waals surface area contributed by atoms with Crippen LogP contribution in [-0.4, -0.2) is 63.7 Å². The van der Waals surface area contributed by atoms with Gasteiger partial charge in [-0.25, -0.2) is 0 Å². The highest BCUT2D eigenvalue weighted by molar-refractivity contribution is 5.78. The number of azide groups is 1. The van der Waals surface area contributed by atoms with Crippen molar-refractivity contribution in [1.82, 2.24) is 5.32 Å². The van der Waals surface area contributed by atoms with Gasteiger partial charge in [0.05, 0.1) is 19.1 Å². The Morgan fingerprint density at radius 3 is 2.83 bits per heavy atom. The van der Waals surface area contributed by atoms with E-state index in [0.29, 0.717) is 0 Å². The minimum absolute atomic E-state index is 0.479. The molecule has 0 radical (unpaired) electrons. The van der Waals surface area contributed by atoms with Crippen LogP contribution in [-0.2, 0) is 9.53 Å². The predicted octanol–water partition coefficient (Wildman–Crippen LogP) is -2.44. The van der Waals surface area contributed by atoms with Gasteiger partial charge in [-0.05, 0) is 5.53 Å². The molecule has 0 aromatic rings. The van der Waals surface area contributed by atoms with Crippen molar-refractivity contribution >= 4 is 5.91 Å². The lowest BCUT2D eigenvalue weighted by Gasteiger charge is -2.41. The van der Waals surface area contributed by atoms with Gasteiger partial charge in [0, 0.05) is 4.91 Å². The second-order valence-corrected chi connectivity index (χ2v) is 3.82. The Hall–Kier alpha value is -1.42. The summed E-state index contributed by atoms with van der Waals surface area (Å²) in [7, 11) is 0. The predicted molar refractivity (Wildman–Crippen MR) is 55.7 cm³/mol. The topological polar surface area (TPSA) is 168 Å². The van der Waals surface area contributed by atoms with E-state index in [-0.39, 0.29) is 0 Å². The summed E-state index contributed by atoms with van der Waals surface area (Å²) < 4.78 is 4.89. The first kappa shape index (κ1) is 14.6. The summed E-state index contributed by atoms with van der Waals surface area (Å²) in [5, 5.41) is 42.6. The summed E-state index contributed by atoms with van der Waals surface area (Å²) in [6.45, 7) is -1.20. The molecule has 1 saturated heterocycles. The lowest BCUT2D eigenvalue weighted by molar-refractivity contribution is -0.315. The number of aliphatic hydroxyl groups excluding tert-OH is 3. The number of aliphatic hydroxyl groups is 4. The number of amides is 1. The van der Waals surface area contributed by atoms with E-state index >= 15 is 0 Å². The van der Waals surface area contributed by atoms with Gasteiger partial charge in [-0.15, -0.1) is 0 Å². The van der Waals surface area contributed by atoms with Crippen LogP contribution < -0.4 is 5.32 Å². The van der Waals surface area contributed by atoms with Gasteiger partial charge in [-0.2, -0.15) is 0 Å². The Morgan fingerprint density at radius 1 is 1.61 bits per heavy atom. The molecule has 1 fully saturated rings. The third-order valence-electron chi connectivity index (χ3n) is 2.40. The molecule has 1 aliphatic heterocycles.